The number of rotatable bonds is 7. The Bertz CT molecular complexity index is 855. The van der Waals surface area contributed by atoms with Gasteiger partial charge in [0.15, 0.2) is 0 Å². The Morgan fingerprint density at radius 3 is 2.85 bits per heavy atom. The Labute approximate surface area is 156 Å². The molecule has 3 aromatic heterocycles. The van der Waals surface area contributed by atoms with Gasteiger partial charge in [-0.05, 0) is 25.0 Å². The van der Waals surface area contributed by atoms with E-state index in [0.717, 1.165) is 24.9 Å². The van der Waals surface area contributed by atoms with Crippen molar-refractivity contribution in [2.24, 2.45) is 0 Å². The van der Waals surface area contributed by atoms with Gasteiger partial charge in [0, 0.05) is 43.9 Å². The van der Waals surface area contributed by atoms with Gasteiger partial charge in [0.2, 0.25) is 23.5 Å². The first-order valence-corrected chi connectivity index (χ1v) is 8.80. The van der Waals surface area contributed by atoms with Crippen molar-refractivity contribution >= 4 is 5.95 Å². The van der Waals surface area contributed by atoms with E-state index >= 15 is 0 Å². The lowest BCUT2D eigenvalue weighted by Gasteiger charge is -2.21. The molecule has 1 saturated heterocycles. The van der Waals surface area contributed by atoms with Crippen molar-refractivity contribution in [2.45, 2.75) is 18.9 Å². The van der Waals surface area contributed by atoms with E-state index in [0.29, 0.717) is 36.8 Å². The van der Waals surface area contributed by atoms with E-state index in [2.05, 4.69) is 30.0 Å². The smallest absolute Gasteiger partial charge is 0.249 e. The monoisotopic (exact) mass is 368 g/mol. The molecule has 0 radical (unpaired) electrons. The number of anilines is 1. The molecule has 1 aliphatic rings. The molecule has 0 N–H and O–H groups in total. The third-order valence-electron chi connectivity index (χ3n) is 4.32. The zero-order valence-corrected chi connectivity index (χ0v) is 15.0. The quantitative estimate of drug-likeness (QED) is 0.581. The van der Waals surface area contributed by atoms with E-state index in [-0.39, 0.29) is 6.04 Å². The molecule has 4 heterocycles. The van der Waals surface area contributed by atoms with Crippen LogP contribution in [0.1, 0.15) is 24.8 Å². The number of nitrogens with zero attached hydrogens (tertiary/aromatic N) is 6. The second-order valence-electron chi connectivity index (χ2n) is 6.08. The fourth-order valence-electron chi connectivity index (χ4n) is 3.02. The lowest BCUT2D eigenvalue weighted by Crippen LogP contribution is -2.24. The van der Waals surface area contributed by atoms with Crippen molar-refractivity contribution in [3.63, 3.8) is 0 Å². The summed E-state index contributed by atoms with van der Waals surface area (Å²) in [5.41, 5.74) is 0.768. The summed E-state index contributed by atoms with van der Waals surface area (Å²) in [4.78, 5) is 19.6. The van der Waals surface area contributed by atoms with Crippen LogP contribution in [0, 0.1) is 0 Å². The molecule has 0 amide bonds. The molecule has 4 rings (SSSR count). The fourth-order valence-corrected chi connectivity index (χ4v) is 3.02. The summed E-state index contributed by atoms with van der Waals surface area (Å²) in [6, 6.07) is 5.42. The average Bonchev–Trinajstić information content (AvgIpc) is 3.39. The van der Waals surface area contributed by atoms with Crippen LogP contribution in [0.3, 0.4) is 0 Å². The molecule has 1 unspecified atom stereocenters. The van der Waals surface area contributed by atoms with Crippen molar-refractivity contribution in [3.05, 3.63) is 42.7 Å². The first kappa shape index (κ1) is 17.3. The second kappa shape index (κ2) is 8.09. The van der Waals surface area contributed by atoms with Crippen LogP contribution in [-0.4, -0.2) is 52.0 Å². The lowest BCUT2D eigenvalue weighted by molar-refractivity contribution is 0.144. The van der Waals surface area contributed by atoms with Gasteiger partial charge in [-0.1, -0.05) is 5.16 Å². The predicted octanol–water partition coefficient (Wildman–Crippen LogP) is 2.29. The first-order chi connectivity index (χ1) is 13.3. The van der Waals surface area contributed by atoms with E-state index < -0.39 is 0 Å². The Kier molecular flexibility index (Phi) is 5.20. The highest BCUT2D eigenvalue weighted by Crippen LogP contribution is 2.34. The minimum Gasteiger partial charge on any atom is -0.475 e. The number of methoxy groups -OCH3 is 1. The van der Waals surface area contributed by atoms with Crippen LogP contribution in [0.15, 0.2) is 41.3 Å². The Morgan fingerprint density at radius 2 is 2.07 bits per heavy atom. The molecule has 0 spiro atoms. The molecule has 0 saturated carbocycles. The normalized spacial score (nSPS) is 16.6. The van der Waals surface area contributed by atoms with Gasteiger partial charge in [0.1, 0.15) is 12.6 Å². The molecule has 140 valence electrons. The van der Waals surface area contributed by atoms with E-state index in [4.69, 9.17) is 14.0 Å². The number of hydrogen-bond acceptors (Lipinski definition) is 9. The van der Waals surface area contributed by atoms with Crippen LogP contribution in [0.5, 0.6) is 5.88 Å². The van der Waals surface area contributed by atoms with Crippen molar-refractivity contribution in [3.8, 4) is 17.3 Å². The van der Waals surface area contributed by atoms with E-state index in [1.54, 1.807) is 37.8 Å². The molecule has 0 aliphatic carbocycles. The highest BCUT2D eigenvalue weighted by molar-refractivity contribution is 5.53. The summed E-state index contributed by atoms with van der Waals surface area (Å²) in [5, 5.41) is 4.11. The summed E-state index contributed by atoms with van der Waals surface area (Å²) in [6.07, 6.45) is 7.08. The van der Waals surface area contributed by atoms with Crippen LogP contribution < -0.4 is 9.64 Å². The number of aromatic nitrogens is 5. The molecule has 27 heavy (non-hydrogen) atoms. The Balaban J connectivity index is 1.48. The molecule has 0 bridgehead atoms. The Hall–Kier alpha value is -3.07. The maximum Gasteiger partial charge on any atom is 0.249 e. The third-order valence-corrected chi connectivity index (χ3v) is 4.32. The van der Waals surface area contributed by atoms with Crippen LogP contribution >= 0.6 is 0 Å². The van der Waals surface area contributed by atoms with Gasteiger partial charge >= 0.3 is 0 Å². The SMILES string of the molecule is COCCOc1ccc(-c2noc(C3CCCN3c3ncccn3)n2)cn1. The lowest BCUT2D eigenvalue weighted by atomic mass is 10.2. The molecule has 0 aromatic carbocycles. The molecular weight excluding hydrogens is 348 g/mol. The average molecular weight is 368 g/mol. The summed E-state index contributed by atoms with van der Waals surface area (Å²) in [5.74, 6) is 2.28. The van der Waals surface area contributed by atoms with Gasteiger partial charge in [-0.2, -0.15) is 4.98 Å². The first-order valence-electron chi connectivity index (χ1n) is 8.80. The van der Waals surface area contributed by atoms with E-state index in [1.807, 2.05) is 6.07 Å². The second-order valence-corrected chi connectivity index (χ2v) is 6.08. The van der Waals surface area contributed by atoms with Crippen molar-refractivity contribution < 1.29 is 14.0 Å². The molecule has 3 aromatic rings. The largest absolute Gasteiger partial charge is 0.475 e. The maximum atomic E-state index is 5.53. The van der Waals surface area contributed by atoms with Gasteiger partial charge in [-0.25, -0.2) is 15.0 Å². The zero-order valence-electron chi connectivity index (χ0n) is 15.0. The minimum atomic E-state index is -0.0155. The summed E-state index contributed by atoms with van der Waals surface area (Å²) < 4.78 is 15.9. The molecule has 1 atom stereocenters. The number of ether oxygens (including phenoxy) is 2. The standard InChI is InChI=1S/C18H20N6O3/c1-25-10-11-26-15-6-5-13(12-21-15)16-22-17(27-23-16)14-4-2-9-24(14)18-19-7-3-8-20-18/h3,5-8,12,14H,2,4,9-11H2,1H3. The molecule has 9 nitrogen and oxygen atoms in total. The summed E-state index contributed by atoms with van der Waals surface area (Å²) in [6.45, 7) is 1.83. The van der Waals surface area contributed by atoms with Crippen LogP contribution in [0.4, 0.5) is 5.95 Å². The minimum absolute atomic E-state index is 0.0155. The van der Waals surface area contributed by atoms with Gasteiger partial charge in [-0.3, -0.25) is 0 Å². The topological polar surface area (TPSA) is 99.3 Å². The van der Waals surface area contributed by atoms with Gasteiger partial charge in [0.25, 0.3) is 0 Å². The van der Waals surface area contributed by atoms with Crippen molar-refractivity contribution in [1.82, 2.24) is 25.1 Å². The van der Waals surface area contributed by atoms with E-state index in [1.165, 1.54) is 0 Å². The van der Waals surface area contributed by atoms with Crippen LogP contribution in [0.2, 0.25) is 0 Å². The van der Waals surface area contributed by atoms with Gasteiger partial charge in [0.05, 0.1) is 6.61 Å². The van der Waals surface area contributed by atoms with Crippen LogP contribution in [0.25, 0.3) is 11.4 Å². The molecule has 9 heteroatoms. The highest BCUT2D eigenvalue weighted by atomic mass is 16.5. The maximum absolute atomic E-state index is 5.53. The fraction of sp³-hybridized carbons (Fsp3) is 0.389. The number of hydrogen-bond donors (Lipinski definition) is 0. The predicted molar refractivity (Wildman–Crippen MR) is 96.3 cm³/mol. The molecule has 1 aliphatic heterocycles. The molecular formula is C18H20N6O3. The van der Waals surface area contributed by atoms with E-state index in [9.17, 15) is 0 Å². The van der Waals surface area contributed by atoms with Crippen molar-refractivity contribution in [1.29, 1.82) is 0 Å². The van der Waals surface area contributed by atoms with Gasteiger partial charge < -0.3 is 18.9 Å². The van der Waals surface area contributed by atoms with Gasteiger partial charge in [-0.15, -0.1) is 0 Å². The van der Waals surface area contributed by atoms with Crippen molar-refractivity contribution in [2.75, 3.05) is 31.8 Å². The summed E-state index contributed by atoms with van der Waals surface area (Å²) >= 11 is 0. The zero-order chi connectivity index (χ0) is 18.5. The summed E-state index contributed by atoms with van der Waals surface area (Å²) in [7, 11) is 1.63. The number of pyridine rings is 1. The Morgan fingerprint density at radius 1 is 1.19 bits per heavy atom. The highest BCUT2D eigenvalue weighted by Gasteiger charge is 2.32. The van der Waals surface area contributed by atoms with Crippen LogP contribution in [-0.2, 0) is 4.74 Å². The molecule has 1 fully saturated rings. The third kappa shape index (κ3) is 3.87.